The minimum Gasteiger partial charge on any atom is -0.395 e. The number of nitrogens with zero attached hydrogens (tertiary/aromatic N) is 4. The first-order valence-corrected chi connectivity index (χ1v) is 7.50. The number of nitrogens with one attached hydrogen (secondary N) is 1. The van der Waals surface area contributed by atoms with Crippen LogP contribution in [0.4, 0.5) is 5.69 Å². The molecule has 2 heterocycles. The fourth-order valence-corrected chi connectivity index (χ4v) is 3.29. The monoisotopic (exact) mass is 294 g/mol. The molecule has 0 atom stereocenters. The summed E-state index contributed by atoms with van der Waals surface area (Å²) in [6.07, 6.45) is 2.07. The maximum Gasteiger partial charge on any atom is 0.344 e. The maximum absolute atomic E-state index is 11.8. The predicted octanol–water partition coefficient (Wildman–Crippen LogP) is 1.73. The quantitative estimate of drug-likeness (QED) is 0.895. The highest BCUT2D eigenvalue weighted by Gasteiger charge is 2.30. The van der Waals surface area contributed by atoms with E-state index in [4.69, 9.17) is 5.73 Å². The fourth-order valence-electron chi connectivity index (χ4n) is 2.09. The Hall–Kier alpha value is -1.70. The molecule has 3 rings (SSSR count). The van der Waals surface area contributed by atoms with Crippen LogP contribution in [-0.2, 0) is 0 Å². The van der Waals surface area contributed by atoms with E-state index in [2.05, 4.69) is 29.1 Å². The van der Waals surface area contributed by atoms with Crippen LogP contribution in [0.15, 0.2) is 15.0 Å². The summed E-state index contributed by atoms with van der Waals surface area (Å²) in [5.74, 6) is 0. The molecule has 1 aliphatic rings. The second-order valence-electron chi connectivity index (χ2n) is 5.36. The molecule has 1 saturated carbocycles. The van der Waals surface area contributed by atoms with E-state index >= 15 is 0 Å². The Balaban J connectivity index is 2.01. The second kappa shape index (κ2) is 4.69. The molecule has 20 heavy (non-hydrogen) atoms. The molecule has 0 unspecified atom stereocenters. The first-order valence-electron chi connectivity index (χ1n) is 6.68. The smallest absolute Gasteiger partial charge is 0.344 e. The molecule has 3 N–H and O–H groups in total. The number of aryl methyl sites for hydroxylation is 1. The topological polar surface area (TPSA) is 94.5 Å². The van der Waals surface area contributed by atoms with Crippen LogP contribution in [0.25, 0.3) is 0 Å². The normalized spacial score (nSPS) is 15.2. The largest absolute Gasteiger partial charge is 0.395 e. The summed E-state index contributed by atoms with van der Waals surface area (Å²) >= 11 is 1.40. The number of nitrogen functional groups attached to an aromatic ring is 1. The highest BCUT2D eigenvalue weighted by molar-refractivity contribution is 7.99. The molecular weight excluding hydrogens is 276 g/mol. The third kappa shape index (κ3) is 2.13. The molecule has 0 radical (unpaired) electrons. The lowest BCUT2D eigenvalue weighted by molar-refractivity contribution is 0.490. The fraction of sp³-hybridized carbons (Fsp3) is 0.583. The van der Waals surface area contributed by atoms with Crippen LogP contribution in [0.2, 0.25) is 0 Å². The lowest BCUT2D eigenvalue weighted by atomic mass is 10.4. The standard InChI is InChI=1S/C12H18N6OS/c1-6(2)18-10(9(13)7(3)16-18)20-12-15-14-11(19)17(12)8-4-5-8/h6,8H,4-5,13H2,1-3H3,(H,14,19). The van der Waals surface area contributed by atoms with Gasteiger partial charge in [-0.05, 0) is 45.4 Å². The van der Waals surface area contributed by atoms with Gasteiger partial charge in [-0.25, -0.2) is 9.89 Å². The van der Waals surface area contributed by atoms with Gasteiger partial charge in [0.2, 0.25) is 0 Å². The van der Waals surface area contributed by atoms with E-state index < -0.39 is 0 Å². The second-order valence-corrected chi connectivity index (χ2v) is 6.31. The molecule has 0 saturated heterocycles. The molecule has 0 aliphatic heterocycles. The van der Waals surface area contributed by atoms with Crippen LogP contribution in [0.3, 0.4) is 0 Å². The zero-order valence-electron chi connectivity index (χ0n) is 11.8. The van der Waals surface area contributed by atoms with Crippen LogP contribution in [0.5, 0.6) is 0 Å². The van der Waals surface area contributed by atoms with Crippen molar-refractivity contribution in [3.05, 3.63) is 16.2 Å². The van der Waals surface area contributed by atoms with Crippen molar-refractivity contribution >= 4 is 17.4 Å². The number of hydrogen-bond acceptors (Lipinski definition) is 5. The van der Waals surface area contributed by atoms with E-state index in [-0.39, 0.29) is 17.8 Å². The van der Waals surface area contributed by atoms with E-state index in [1.807, 2.05) is 11.6 Å². The van der Waals surface area contributed by atoms with Crippen LogP contribution >= 0.6 is 11.8 Å². The van der Waals surface area contributed by atoms with Crippen molar-refractivity contribution in [1.29, 1.82) is 0 Å². The van der Waals surface area contributed by atoms with Crippen molar-refractivity contribution in [2.75, 3.05) is 5.73 Å². The van der Waals surface area contributed by atoms with E-state index in [1.165, 1.54) is 11.8 Å². The Morgan fingerprint density at radius 2 is 2.15 bits per heavy atom. The summed E-state index contributed by atoms with van der Waals surface area (Å²) in [5.41, 5.74) is 7.41. The van der Waals surface area contributed by atoms with Crippen molar-refractivity contribution in [2.24, 2.45) is 0 Å². The first kappa shape index (κ1) is 13.3. The van der Waals surface area contributed by atoms with Gasteiger partial charge in [0, 0.05) is 12.1 Å². The average Bonchev–Trinajstić information content (AvgIpc) is 3.11. The number of anilines is 1. The molecular formula is C12H18N6OS. The van der Waals surface area contributed by atoms with Gasteiger partial charge in [0.25, 0.3) is 0 Å². The molecule has 8 heteroatoms. The number of nitrogens with two attached hydrogens (primary N) is 1. The van der Waals surface area contributed by atoms with Crippen LogP contribution < -0.4 is 11.4 Å². The molecule has 0 spiro atoms. The number of aromatic nitrogens is 5. The Bertz CT molecular complexity index is 693. The van der Waals surface area contributed by atoms with E-state index in [1.54, 1.807) is 4.57 Å². The van der Waals surface area contributed by atoms with Gasteiger partial charge in [0.15, 0.2) is 5.16 Å². The molecule has 108 valence electrons. The van der Waals surface area contributed by atoms with Crippen LogP contribution in [-0.4, -0.2) is 24.5 Å². The van der Waals surface area contributed by atoms with E-state index in [0.717, 1.165) is 23.6 Å². The highest BCUT2D eigenvalue weighted by atomic mass is 32.2. The minimum atomic E-state index is -0.152. The maximum atomic E-state index is 11.8. The Kier molecular flexibility index (Phi) is 3.12. The van der Waals surface area contributed by atoms with Crippen LogP contribution in [0.1, 0.15) is 44.5 Å². The van der Waals surface area contributed by atoms with Gasteiger partial charge in [-0.2, -0.15) is 5.10 Å². The average molecular weight is 294 g/mol. The molecule has 1 fully saturated rings. The van der Waals surface area contributed by atoms with E-state index in [0.29, 0.717) is 10.8 Å². The Labute approximate surface area is 120 Å². The van der Waals surface area contributed by atoms with Gasteiger partial charge in [0.05, 0.1) is 11.4 Å². The lowest BCUT2D eigenvalue weighted by Crippen LogP contribution is -2.16. The van der Waals surface area contributed by atoms with Gasteiger partial charge in [0.1, 0.15) is 5.03 Å². The number of aromatic amines is 1. The zero-order valence-corrected chi connectivity index (χ0v) is 12.6. The summed E-state index contributed by atoms with van der Waals surface area (Å²) in [7, 11) is 0. The molecule has 0 aromatic carbocycles. The third-order valence-corrected chi connectivity index (χ3v) is 4.42. The van der Waals surface area contributed by atoms with Crippen molar-refractivity contribution in [2.45, 2.75) is 55.9 Å². The van der Waals surface area contributed by atoms with Gasteiger partial charge >= 0.3 is 5.69 Å². The lowest BCUT2D eigenvalue weighted by Gasteiger charge is -2.10. The summed E-state index contributed by atoms with van der Waals surface area (Å²) in [4.78, 5) is 11.8. The highest BCUT2D eigenvalue weighted by Crippen LogP contribution is 2.39. The Morgan fingerprint density at radius 3 is 2.75 bits per heavy atom. The summed E-state index contributed by atoms with van der Waals surface area (Å²) in [6.45, 7) is 5.99. The number of hydrogen-bond donors (Lipinski definition) is 2. The number of rotatable bonds is 4. The van der Waals surface area contributed by atoms with Gasteiger partial charge < -0.3 is 5.73 Å². The van der Waals surface area contributed by atoms with Crippen LogP contribution in [0, 0.1) is 6.92 Å². The summed E-state index contributed by atoms with van der Waals surface area (Å²) in [5, 5.41) is 12.6. The molecule has 1 aliphatic carbocycles. The van der Waals surface area contributed by atoms with Crippen molar-refractivity contribution < 1.29 is 0 Å². The molecule has 0 bridgehead atoms. The zero-order chi connectivity index (χ0) is 14.4. The predicted molar refractivity (Wildman–Crippen MR) is 77.0 cm³/mol. The van der Waals surface area contributed by atoms with Crippen molar-refractivity contribution in [3.8, 4) is 0 Å². The first-order chi connectivity index (χ1) is 9.49. The molecule has 2 aromatic heterocycles. The molecule has 2 aromatic rings. The van der Waals surface area contributed by atoms with Gasteiger partial charge in [-0.3, -0.25) is 9.25 Å². The van der Waals surface area contributed by atoms with E-state index in [9.17, 15) is 4.79 Å². The van der Waals surface area contributed by atoms with Crippen molar-refractivity contribution in [3.63, 3.8) is 0 Å². The Morgan fingerprint density at radius 1 is 1.45 bits per heavy atom. The van der Waals surface area contributed by atoms with Crippen molar-refractivity contribution in [1.82, 2.24) is 24.5 Å². The molecule has 0 amide bonds. The van der Waals surface area contributed by atoms with Gasteiger partial charge in [-0.1, -0.05) is 0 Å². The SMILES string of the molecule is Cc1nn(C(C)C)c(Sc2n[nH]c(=O)n2C2CC2)c1N. The summed E-state index contributed by atoms with van der Waals surface area (Å²) < 4.78 is 3.60. The minimum absolute atomic E-state index is 0.152. The van der Waals surface area contributed by atoms with Gasteiger partial charge in [-0.15, -0.1) is 5.10 Å². The molecule has 7 nitrogen and oxygen atoms in total. The summed E-state index contributed by atoms with van der Waals surface area (Å²) in [6, 6.07) is 0.482. The number of H-pyrrole nitrogens is 1. The third-order valence-electron chi connectivity index (χ3n) is 3.35.